The first-order valence-electron chi connectivity index (χ1n) is 4.24. The van der Waals surface area contributed by atoms with Crippen molar-refractivity contribution in [2.75, 3.05) is 6.26 Å². The van der Waals surface area contributed by atoms with Gasteiger partial charge in [-0.3, -0.25) is 0 Å². The Morgan fingerprint density at radius 2 is 2.53 bits per heavy atom. The fourth-order valence-corrected chi connectivity index (χ4v) is 1.52. The van der Waals surface area contributed by atoms with E-state index >= 15 is 0 Å². The number of nitrogens with zero attached hydrogens (tertiary/aromatic N) is 3. The highest BCUT2D eigenvalue weighted by molar-refractivity contribution is 7.97. The van der Waals surface area contributed by atoms with Gasteiger partial charge in [0.1, 0.15) is 11.8 Å². The molecule has 0 aliphatic carbocycles. The molecule has 0 aromatic carbocycles. The maximum absolute atomic E-state index is 8.64. The highest BCUT2D eigenvalue weighted by Gasteiger charge is 2.09. The summed E-state index contributed by atoms with van der Waals surface area (Å²) in [5.41, 5.74) is 1.22. The third-order valence-electron chi connectivity index (χ3n) is 1.79. The van der Waals surface area contributed by atoms with E-state index in [0.717, 1.165) is 11.3 Å². The van der Waals surface area contributed by atoms with Gasteiger partial charge in [-0.2, -0.15) is 22.0 Å². The monoisotopic (exact) mass is 220 g/mol. The summed E-state index contributed by atoms with van der Waals surface area (Å²) in [5, 5.41) is 12.4. The van der Waals surface area contributed by atoms with Gasteiger partial charge in [0.25, 0.3) is 5.89 Å². The number of nitrogens with one attached hydrogen (secondary N) is 1. The molecule has 0 spiro atoms. The summed E-state index contributed by atoms with van der Waals surface area (Å²) < 4.78 is 5.06. The predicted octanol–water partition coefficient (Wildman–Crippen LogP) is 1.80. The summed E-state index contributed by atoms with van der Waals surface area (Å²) in [7, 11) is 0. The van der Waals surface area contributed by atoms with Crippen LogP contribution >= 0.6 is 11.8 Å². The summed E-state index contributed by atoms with van der Waals surface area (Å²) >= 11 is 1.63. The second kappa shape index (κ2) is 4.19. The molecule has 2 rings (SSSR count). The number of hydrogen-bond acceptors (Lipinski definition) is 5. The van der Waals surface area contributed by atoms with Crippen LogP contribution in [0.3, 0.4) is 0 Å². The molecule has 0 saturated carbocycles. The molecule has 0 aliphatic heterocycles. The zero-order chi connectivity index (χ0) is 10.7. The van der Waals surface area contributed by atoms with Crippen molar-refractivity contribution in [1.82, 2.24) is 15.1 Å². The largest absolute Gasteiger partial charge is 0.352 e. The summed E-state index contributed by atoms with van der Waals surface area (Å²) in [6.45, 7) is 0. The summed E-state index contributed by atoms with van der Waals surface area (Å²) in [6, 6.07) is 3.68. The molecule has 76 valence electrons. The van der Waals surface area contributed by atoms with Crippen LogP contribution in [0.1, 0.15) is 11.5 Å². The van der Waals surface area contributed by atoms with Gasteiger partial charge in [0, 0.05) is 6.20 Å². The first-order chi connectivity index (χ1) is 7.33. The van der Waals surface area contributed by atoms with E-state index in [1.165, 1.54) is 0 Å². The molecule has 6 heteroatoms. The van der Waals surface area contributed by atoms with E-state index in [4.69, 9.17) is 9.78 Å². The molecule has 0 saturated heterocycles. The van der Waals surface area contributed by atoms with Crippen molar-refractivity contribution in [2.45, 2.75) is 5.75 Å². The van der Waals surface area contributed by atoms with E-state index in [1.54, 1.807) is 24.0 Å². The van der Waals surface area contributed by atoms with Gasteiger partial charge in [0.15, 0.2) is 5.82 Å². The van der Waals surface area contributed by atoms with Crippen LogP contribution < -0.4 is 0 Å². The van der Waals surface area contributed by atoms with Crippen LogP contribution in [0.25, 0.3) is 11.5 Å². The lowest BCUT2D eigenvalue weighted by molar-refractivity contribution is 0.425. The van der Waals surface area contributed by atoms with Crippen molar-refractivity contribution in [3.8, 4) is 17.5 Å². The maximum Gasteiger partial charge on any atom is 0.259 e. The van der Waals surface area contributed by atoms with Crippen molar-refractivity contribution >= 4 is 11.8 Å². The maximum atomic E-state index is 8.64. The third-order valence-corrected chi connectivity index (χ3v) is 2.34. The van der Waals surface area contributed by atoms with E-state index in [0.29, 0.717) is 17.4 Å². The Labute approximate surface area is 90.5 Å². The minimum atomic E-state index is 0.441. The Morgan fingerprint density at radius 1 is 1.67 bits per heavy atom. The van der Waals surface area contributed by atoms with E-state index in [2.05, 4.69) is 15.1 Å². The van der Waals surface area contributed by atoms with Crippen LogP contribution in [-0.2, 0) is 5.75 Å². The Bertz CT molecular complexity index is 496. The number of H-pyrrole nitrogens is 1. The molecule has 2 aromatic heterocycles. The molecular formula is C9H8N4OS. The topological polar surface area (TPSA) is 78.5 Å². The standard InChI is InChI=1S/C9H8N4OS/c1-15-5-8-12-9(14-13-8)6-2-7(3-10)11-4-6/h2,4,11H,5H2,1H3. The first kappa shape index (κ1) is 9.80. The Hall–Kier alpha value is -1.74. The highest BCUT2D eigenvalue weighted by atomic mass is 32.2. The summed E-state index contributed by atoms with van der Waals surface area (Å²) in [5.74, 6) is 1.83. The Morgan fingerprint density at radius 3 is 3.20 bits per heavy atom. The van der Waals surface area contributed by atoms with Crippen molar-refractivity contribution in [1.29, 1.82) is 5.26 Å². The van der Waals surface area contributed by atoms with E-state index < -0.39 is 0 Å². The molecule has 1 N–H and O–H groups in total. The van der Waals surface area contributed by atoms with Gasteiger partial charge >= 0.3 is 0 Å². The van der Waals surface area contributed by atoms with E-state index in [1.807, 2.05) is 12.3 Å². The molecule has 0 amide bonds. The molecular weight excluding hydrogens is 212 g/mol. The minimum Gasteiger partial charge on any atom is -0.352 e. The van der Waals surface area contributed by atoms with Crippen LogP contribution in [0.2, 0.25) is 0 Å². The molecule has 0 aliphatic rings. The molecule has 0 radical (unpaired) electrons. The average Bonchev–Trinajstić information content (AvgIpc) is 2.85. The number of rotatable bonds is 3. The molecule has 15 heavy (non-hydrogen) atoms. The molecule has 5 nitrogen and oxygen atoms in total. The fraction of sp³-hybridized carbons (Fsp3) is 0.222. The van der Waals surface area contributed by atoms with Gasteiger partial charge in [-0.25, -0.2) is 0 Å². The molecule has 0 fully saturated rings. The number of hydrogen-bond donors (Lipinski definition) is 1. The van der Waals surface area contributed by atoms with Gasteiger partial charge in [-0.1, -0.05) is 5.16 Å². The van der Waals surface area contributed by atoms with Gasteiger partial charge < -0.3 is 9.51 Å². The zero-order valence-electron chi connectivity index (χ0n) is 8.02. The van der Waals surface area contributed by atoms with Crippen LogP contribution in [0.4, 0.5) is 0 Å². The number of thioether (sulfide) groups is 1. The van der Waals surface area contributed by atoms with Crippen LogP contribution in [-0.4, -0.2) is 21.4 Å². The minimum absolute atomic E-state index is 0.441. The van der Waals surface area contributed by atoms with E-state index in [-0.39, 0.29) is 0 Å². The van der Waals surface area contributed by atoms with Crippen molar-refractivity contribution < 1.29 is 4.52 Å². The molecule has 0 bridgehead atoms. The lowest BCUT2D eigenvalue weighted by atomic mass is 10.3. The van der Waals surface area contributed by atoms with Gasteiger partial charge in [-0.15, -0.1) is 0 Å². The number of aromatic nitrogens is 3. The number of nitriles is 1. The molecule has 0 atom stereocenters. The SMILES string of the molecule is CSCc1noc(-c2c[nH]c(C#N)c2)n1. The fourth-order valence-electron chi connectivity index (χ4n) is 1.14. The summed E-state index contributed by atoms with van der Waals surface area (Å²) in [4.78, 5) is 6.99. The van der Waals surface area contributed by atoms with Crippen molar-refractivity contribution in [3.05, 3.63) is 23.8 Å². The first-order valence-corrected chi connectivity index (χ1v) is 5.63. The van der Waals surface area contributed by atoms with E-state index in [9.17, 15) is 0 Å². The predicted molar refractivity (Wildman–Crippen MR) is 56.0 cm³/mol. The average molecular weight is 220 g/mol. The van der Waals surface area contributed by atoms with Gasteiger partial charge in [0.05, 0.1) is 11.3 Å². The normalized spacial score (nSPS) is 10.1. The van der Waals surface area contributed by atoms with Crippen molar-refractivity contribution in [2.24, 2.45) is 0 Å². The third kappa shape index (κ3) is 2.02. The Balaban J connectivity index is 2.25. The quantitative estimate of drug-likeness (QED) is 0.853. The Kier molecular flexibility index (Phi) is 2.74. The molecule has 2 aromatic rings. The second-order valence-electron chi connectivity index (χ2n) is 2.86. The van der Waals surface area contributed by atoms with Crippen LogP contribution in [0.5, 0.6) is 0 Å². The lowest BCUT2D eigenvalue weighted by Crippen LogP contribution is -1.81. The number of aromatic amines is 1. The van der Waals surface area contributed by atoms with Crippen molar-refractivity contribution in [3.63, 3.8) is 0 Å². The van der Waals surface area contributed by atoms with Crippen LogP contribution in [0.15, 0.2) is 16.8 Å². The second-order valence-corrected chi connectivity index (χ2v) is 3.73. The highest BCUT2D eigenvalue weighted by Crippen LogP contribution is 2.18. The van der Waals surface area contributed by atoms with Gasteiger partial charge in [0.2, 0.25) is 0 Å². The molecule has 2 heterocycles. The van der Waals surface area contributed by atoms with Gasteiger partial charge in [-0.05, 0) is 12.3 Å². The smallest absolute Gasteiger partial charge is 0.259 e. The summed E-state index contributed by atoms with van der Waals surface area (Å²) in [6.07, 6.45) is 3.65. The van der Waals surface area contributed by atoms with Crippen LogP contribution in [0, 0.1) is 11.3 Å². The molecule has 0 unspecified atom stereocenters. The lowest BCUT2D eigenvalue weighted by Gasteiger charge is -1.84. The zero-order valence-corrected chi connectivity index (χ0v) is 8.84.